The van der Waals surface area contributed by atoms with Crippen LogP contribution in [0.2, 0.25) is 0 Å². The quantitative estimate of drug-likeness (QED) is 0.806. The molecule has 3 rings (SSSR count). The average Bonchev–Trinajstić information content (AvgIpc) is 3.05. The number of benzene rings is 2. The third kappa shape index (κ3) is 3.58. The summed E-state index contributed by atoms with van der Waals surface area (Å²) in [5.41, 5.74) is 0.413. The van der Waals surface area contributed by atoms with Gasteiger partial charge in [-0.05, 0) is 36.2 Å². The Morgan fingerprint density at radius 3 is 2.63 bits per heavy atom. The van der Waals surface area contributed by atoms with Crippen LogP contribution in [0, 0.1) is 0 Å². The predicted molar refractivity (Wildman–Crippen MR) is 96.1 cm³/mol. The number of methoxy groups -OCH3 is 1. The number of nitrogens with two attached hydrogens (primary N) is 1. The van der Waals surface area contributed by atoms with E-state index in [9.17, 15) is 22.0 Å². The molecule has 0 saturated heterocycles. The monoisotopic (exact) mass is 397 g/mol. The molecule has 1 amide bonds. The molecule has 0 radical (unpaired) electrons. The SMILES string of the molecule is COc1ccccc1C(F)(F)C(=O)Nc1ccc2c(c1)N(S(N)(=O)=O)CC2. The molecule has 1 aliphatic heterocycles. The van der Waals surface area contributed by atoms with E-state index in [1.54, 1.807) is 6.07 Å². The van der Waals surface area contributed by atoms with Crippen molar-refractivity contribution in [2.45, 2.75) is 12.3 Å². The fourth-order valence-corrected chi connectivity index (χ4v) is 3.72. The lowest BCUT2D eigenvalue weighted by atomic mass is 10.1. The lowest BCUT2D eigenvalue weighted by Gasteiger charge is -2.20. The third-order valence-electron chi connectivity index (χ3n) is 4.23. The molecule has 0 saturated carbocycles. The summed E-state index contributed by atoms with van der Waals surface area (Å²) in [5, 5.41) is 7.29. The molecule has 27 heavy (non-hydrogen) atoms. The van der Waals surface area contributed by atoms with Crippen LogP contribution in [0.15, 0.2) is 42.5 Å². The minimum Gasteiger partial charge on any atom is -0.496 e. The largest absolute Gasteiger partial charge is 0.496 e. The molecule has 0 aromatic heterocycles. The first-order valence-electron chi connectivity index (χ1n) is 7.90. The summed E-state index contributed by atoms with van der Waals surface area (Å²) >= 11 is 0. The molecule has 7 nitrogen and oxygen atoms in total. The van der Waals surface area contributed by atoms with Gasteiger partial charge >= 0.3 is 5.92 Å². The number of hydrogen-bond acceptors (Lipinski definition) is 4. The number of rotatable bonds is 5. The fraction of sp³-hybridized carbons (Fsp3) is 0.235. The van der Waals surface area contributed by atoms with Gasteiger partial charge in [0.1, 0.15) is 5.75 Å². The van der Waals surface area contributed by atoms with Crippen molar-refractivity contribution in [2.24, 2.45) is 5.14 Å². The molecule has 1 heterocycles. The highest BCUT2D eigenvalue weighted by Crippen LogP contribution is 2.37. The summed E-state index contributed by atoms with van der Waals surface area (Å²) in [7, 11) is -2.75. The van der Waals surface area contributed by atoms with Crippen molar-refractivity contribution in [2.75, 3.05) is 23.3 Å². The Balaban J connectivity index is 1.89. The van der Waals surface area contributed by atoms with Gasteiger partial charge in [0.15, 0.2) is 0 Å². The number of ether oxygens (including phenoxy) is 1. The molecule has 3 N–H and O–H groups in total. The average molecular weight is 397 g/mol. The molecule has 1 aliphatic rings. The van der Waals surface area contributed by atoms with Gasteiger partial charge in [0.25, 0.3) is 16.1 Å². The fourth-order valence-electron chi connectivity index (χ4n) is 2.93. The molecular formula is C17H17F2N3O4S. The van der Waals surface area contributed by atoms with Crippen LogP contribution in [-0.2, 0) is 27.3 Å². The summed E-state index contributed by atoms with van der Waals surface area (Å²) in [5.74, 6) is -5.54. The van der Waals surface area contributed by atoms with Crippen LogP contribution < -0.4 is 19.5 Å². The number of hydrogen-bond donors (Lipinski definition) is 2. The van der Waals surface area contributed by atoms with E-state index in [0.29, 0.717) is 12.0 Å². The number of carbonyl (C=O) groups is 1. The lowest BCUT2D eigenvalue weighted by Crippen LogP contribution is -2.35. The van der Waals surface area contributed by atoms with Crippen molar-refractivity contribution >= 4 is 27.5 Å². The van der Waals surface area contributed by atoms with E-state index >= 15 is 0 Å². The van der Waals surface area contributed by atoms with Crippen molar-refractivity contribution in [3.8, 4) is 5.75 Å². The predicted octanol–water partition coefficient (Wildman–Crippen LogP) is 1.99. The first-order valence-corrected chi connectivity index (χ1v) is 9.41. The third-order valence-corrected chi connectivity index (χ3v) is 5.23. The van der Waals surface area contributed by atoms with Crippen molar-refractivity contribution in [3.63, 3.8) is 0 Å². The van der Waals surface area contributed by atoms with E-state index in [2.05, 4.69) is 5.32 Å². The summed E-state index contributed by atoms with van der Waals surface area (Å²) in [6, 6.07) is 9.62. The number of amides is 1. The Bertz CT molecular complexity index is 995. The van der Waals surface area contributed by atoms with E-state index in [0.717, 1.165) is 10.4 Å². The molecule has 2 aromatic rings. The minimum atomic E-state index is -3.99. The zero-order valence-electron chi connectivity index (χ0n) is 14.3. The van der Waals surface area contributed by atoms with Crippen LogP contribution in [0.3, 0.4) is 0 Å². The highest BCUT2D eigenvalue weighted by Gasteiger charge is 2.43. The Morgan fingerprint density at radius 1 is 1.26 bits per heavy atom. The van der Waals surface area contributed by atoms with E-state index in [-0.39, 0.29) is 23.7 Å². The number of fused-ring (bicyclic) bond motifs is 1. The maximum Gasteiger partial charge on any atom is 0.353 e. The number of nitrogens with zero attached hydrogens (tertiary/aromatic N) is 1. The maximum absolute atomic E-state index is 14.6. The van der Waals surface area contributed by atoms with E-state index in [1.165, 1.54) is 37.4 Å². The number of alkyl halides is 2. The van der Waals surface area contributed by atoms with Gasteiger partial charge in [-0.25, -0.2) is 5.14 Å². The van der Waals surface area contributed by atoms with Gasteiger partial charge in [-0.15, -0.1) is 0 Å². The molecule has 0 spiro atoms. The van der Waals surface area contributed by atoms with Crippen molar-refractivity contribution in [1.82, 2.24) is 0 Å². The van der Waals surface area contributed by atoms with Crippen LogP contribution in [0.25, 0.3) is 0 Å². The van der Waals surface area contributed by atoms with Crippen molar-refractivity contribution in [3.05, 3.63) is 53.6 Å². The first kappa shape index (κ1) is 19.1. The summed E-state index contributed by atoms with van der Waals surface area (Å²) in [4.78, 5) is 12.2. The molecule has 0 atom stereocenters. The Labute approximate surface area is 154 Å². The standard InChI is InChI=1S/C17H17F2N3O4S/c1-26-15-5-3-2-4-13(15)17(18,19)16(23)21-12-7-6-11-8-9-22(14(11)10-12)27(20,24)25/h2-7,10H,8-9H2,1H3,(H,21,23)(H2,20,24,25). The Kier molecular flexibility index (Phi) is 4.79. The number of nitrogens with one attached hydrogen (secondary N) is 1. The van der Waals surface area contributed by atoms with E-state index in [4.69, 9.17) is 9.88 Å². The van der Waals surface area contributed by atoms with Gasteiger partial charge < -0.3 is 10.1 Å². The zero-order valence-corrected chi connectivity index (χ0v) is 15.1. The molecule has 0 aliphatic carbocycles. The zero-order chi connectivity index (χ0) is 19.8. The van der Waals surface area contributed by atoms with Crippen LogP contribution in [0.5, 0.6) is 5.75 Å². The molecule has 0 unspecified atom stereocenters. The highest BCUT2D eigenvalue weighted by molar-refractivity contribution is 7.90. The smallest absolute Gasteiger partial charge is 0.353 e. The van der Waals surface area contributed by atoms with Gasteiger partial charge in [0.05, 0.1) is 18.4 Å². The van der Waals surface area contributed by atoms with E-state index < -0.39 is 27.6 Å². The van der Waals surface area contributed by atoms with Gasteiger partial charge in [-0.1, -0.05) is 18.2 Å². The van der Waals surface area contributed by atoms with Gasteiger partial charge in [0, 0.05) is 12.2 Å². The van der Waals surface area contributed by atoms with Gasteiger partial charge in [-0.3, -0.25) is 9.10 Å². The topological polar surface area (TPSA) is 102 Å². The van der Waals surface area contributed by atoms with Crippen LogP contribution in [-0.4, -0.2) is 28.0 Å². The number of para-hydroxylation sites is 1. The second kappa shape index (κ2) is 6.78. The highest BCUT2D eigenvalue weighted by atomic mass is 32.2. The summed E-state index contributed by atoms with van der Waals surface area (Å²) < 4.78 is 58.3. The molecule has 2 aromatic carbocycles. The number of halogens is 2. The lowest BCUT2D eigenvalue weighted by molar-refractivity contribution is -0.141. The van der Waals surface area contributed by atoms with Gasteiger partial charge in [-0.2, -0.15) is 17.2 Å². The Morgan fingerprint density at radius 2 is 1.96 bits per heavy atom. The number of carbonyl (C=O) groups excluding carboxylic acids is 1. The van der Waals surface area contributed by atoms with Crippen molar-refractivity contribution < 1.29 is 26.7 Å². The second-order valence-electron chi connectivity index (χ2n) is 5.94. The molecule has 10 heteroatoms. The van der Waals surface area contributed by atoms with Crippen LogP contribution in [0.1, 0.15) is 11.1 Å². The summed E-state index contributed by atoms with van der Waals surface area (Å²) in [6.07, 6.45) is 0.442. The van der Waals surface area contributed by atoms with E-state index in [1.807, 2.05) is 0 Å². The summed E-state index contributed by atoms with van der Waals surface area (Å²) in [6.45, 7) is 0.156. The molecule has 144 valence electrons. The van der Waals surface area contributed by atoms with Crippen molar-refractivity contribution in [1.29, 1.82) is 0 Å². The minimum absolute atomic E-state index is 0.0314. The molecular weight excluding hydrogens is 380 g/mol. The maximum atomic E-state index is 14.6. The van der Waals surface area contributed by atoms with Gasteiger partial charge in [0.2, 0.25) is 0 Å². The normalized spacial score (nSPS) is 14.0. The van der Waals surface area contributed by atoms with Crippen LogP contribution in [0.4, 0.5) is 20.2 Å². The molecule has 0 bridgehead atoms. The Hall–Kier alpha value is -2.72. The first-order chi connectivity index (χ1) is 12.6. The second-order valence-corrected chi connectivity index (χ2v) is 7.41. The van der Waals surface area contributed by atoms with Crippen LogP contribution >= 0.6 is 0 Å². The number of anilines is 2. The molecule has 0 fully saturated rings.